The quantitative estimate of drug-likeness (QED) is 0.669. The maximum atomic E-state index is 10.5. The van der Waals surface area contributed by atoms with Gasteiger partial charge >= 0.3 is 0 Å². The topological polar surface area (TPSA) is 32.3 Å². The molecule has 0 aromatic rings. The minimum absolute atomic E-state index is 0.434. The first-order chi connectivity index (χ1) is 8.06. The predicted molar refractivity (Wildman–Crippen MR) is 74.2 cm³/mol. The lowest BCUT2D eigenvalue weighted by molar-refractivity contribution is -0.0135. The molecule has 0 saturated heterocycles. The van der Waals surface area contributed by atoms with E-state index in [2.05, 4.69) is 26.1 Å². The Morgan fingerprint density at radius 1 is 1.41 bits per heavy atom. The fourth-order valence-electron chi connectivity index (χ4n) is 2.96. The Morgan fingerprint density at radius 2 is 2.18 bits per heavy atom. The highest BCUT2D eigenvalue weighted by Crippen LogP contribution is 2.31. The van der Waals surface area contributed by atoms with Crippen molar-refractivity contribution in [1.82, 2.24) is 5.32 Å². The number of hydrogen-bond acceptors (Lipinski definition) is 2. The fourth-order valence-corrected chi connectivity index (χ4v) is 2.96. The van der Waals surface area contributed by atoms with Gasteiger partial charge in [-0.05, 0) is 32.1 Å². The molecule has 0 aromatic heterocycles. The molecule has 1 fully saturated rings. The maximum absolute atomic E-state index is 10.5. The van der Waals surface area contributed by atoms with E-state index >= 15 is 0 Å². The fraction of sp³-hybridized carbons (Fsp3) is 1.00. The second-order valence-electron chi connectivity index (χ2n) is 6.20. The first kappa shape index (κ1) is 15.0. The Labute approximate surface area is 107 Å². The molecule has 1 aliphatic rings. The van der Waals surface area contributed by atoms with Crippen LogP contribution in [0.3, 0.4) is 0 Å². The highest BCUT2D eigenvalue weighted by molar-refractivity contribution is 4.87. The third-order valence-corrected chi connectivity index (χ3v) is 4.09. The summed E-state index contributed by atoms with van der Waals surface area (Å²) in [5.41, 5.74) is -0.434. The second kappa shape index (κ2) is 7.38. The highest BCUT2D eigenvalue weighted by atomic mass is 16.3. The van der Waals surface area contributed by atoms with Crippen molar-refractivity contribution in [3.05, 3.63) is 0 Å². The largest absolute Gasteiger partial charge is 0.389 e. The van der Waals surface area contributed by atoms with Crippen LogP contribution in [-0.2, 0) is 0 Å². The number of hydrogen-bond donors (Lipinski definition) is 2. The molecule has 0 spiro atoms. The summed E-state index contributed by atoms with van der Waals surface area (Å²) < 4.78 is 0. The summed E-state index contributed by atoms with van der Waals surface area (Å²) in [6.07, 6.45) is 9.58. The van der Waals surface area contributed by atoms with Crippen LogP contribution in [0, 0.1) is 5.92 Å². The van der Waals surface area contributed by atoms with Crippen LogP contribution in [0.4, 0.5) is 0 Å². The molecule has 2 nitrogen and oxygen atoms in total. The van der Waals surface area contributed by atoms with Gasteiger partial charge in [0, 0.05) is 12.6 Å². The van der Waals surface area contributed by atoms with Crippen molar-refractivity contribution >= 4 is 0 Å². The third-order valence-electron chi connectivity index (χ3n) is 4.09. The van der Waals surface area contributed by atoms with Crippen molar-refractivity contribution in [2.75, 3.05) is 6.54 Å². The van der Waals surface area contributed by atoms with Gasteiger partial charge in [0.2, 0.25) is 0 Å². The zero-order valence-corrected chi connectivity index (χ0v) is 12.0. The van der Waals surface area contributed by atoms with Gasteiger partial charge in [-0.15, -0.1) is 0 Å². The third kappa shape index (κ3) is 5.87. The number of nitrogens with one attached hydrogen (secondary N) is 1. The molecule has 3 atom stereocenters. The van der Waals surface area contributed by atoms with Gasteiger partial charge < -0.3 is 10.4 Å². The van der Waals surface area contributed by atoms with Crippen LogP contribution in [0.15, 0.2) is 0 Å². The van der Waals surface area contributed by atoms with E-state index < -0.39 is 5.60 Å². The molecule has 17 heavy (non-hydrogen) atoms. The molecule has 0 radical (unpaired) electrons. The molecule has 0 bridgehead atoms. The molecular weight excluding hydrogens is 210 g/mol. The standard InChI is InChI=1S/C15H31NO/c1-4-5-6-9-14(3)16-12-15(17)10-7-8-13(2)11-15/h13-14,16-17H,4-12H2,1-3H3. The van der Waals surface area contributed by atoms with Gasteiger partial charge in [-0.25, -0.2) is 0 Å². The van der Waals surface area contributed by atoms with Crippen LogP contribution < -0.4 is 5.32 Å². The van der Waals surface area contributed by atoms with E-state index in [1.54, 1.807) is 0 Å². The van der Waals surface area contributed by atoms with Crippen molar-refractivity contribution in [3.8, 4) is 0 Å². The molecule has 0 heterocycles. The van der Waals surface area contributed by atoms with E-state index in [4.69, 9.17) is 0 Å². The van der Waals surface area contributed by atoms with Crippen LogP contribution in [0.2, 0.25) is 0 Å². The van der Waals surface area contributed by atoms with E-state index in [9.17, 15) is 5.11 Å². The summed E-state index contributed by atoms with van der Waals surface area (Å²) in [7, 11) is 0. The summed E-state index contributed by atoms with van der Waals surface area (Å²) >= 11 is 0. The van der Waals surface area contributed by atoms with Crippen molar-refractivity contribution in [1.29, 1.82) is 0 Å². The molecular formula is C15H31NO. The van der Waals surface area contributed by atoms with Crippen LogP contribution in [-0.4, -0.2) is 23.3 Å². The monoisotopic (exact) mass is 241 g/mol. The molecule has 1 aliphatic carbocycles. The van der Waals surface area contributed by atoms with Gasteiger partial charge in [0.25, 0.3) is 0 Å². The normalized spacial score (nSPS) is 31.4. The van der Waals surface area contributed by atoms with Crippen molar-refractivity contribution < 1.29 is 5.11 Å². The number of aliphatic hydroxyl groups is 1. The Bertz CT molecular complexity index is 207. The summed E-state index contributed by atoms with van der Waals surface area (Å²) in [6, 6.07) is 0.544. The molecule has 2 N–H and O–H groups in total. The summed E-state index contributed by atoms with van der Waals surface area (Å²) in [5.74, 6) is 0.686. The minimum atomic E-state index is -0.434. The Balaban J connectivity index is 2.19. The molecule has 0 aromatic carbocycles. The van der Waals surface area contributed by atoms with Crippen LogP contribution in [0.5, 0.6) is 0 Å². The SMILES string of the molecule is CCCCCC(C)NCC1(O)CCCC(C)C1. The molecule has 1 rings (SSSR count). The predicted octanol–water partition coefficient (Wildman–Crippen LogP) is 3.49. The van der Waals surface area contributed by atoms with Crippen LogP contribution in [0.1, 0.15) is 72.1 Å². The Hall–Kier alpha value is -0.0800. The smallest absolute Gasteiger partial charge is 0.0774 e. The van der Waals surface area contributed by atoms with E-state index in [-0.39, 0.29) is 0 Å². The van der Waals surface area contributed by atoms with Gasteiger partial charge in [-0.3, -0.25) is 0 Å². The number of rotatable bonds is 7. The van der Waals surface area contributed by atoms with E-state index in [1.165, 1.54) is 38.5 Å². The lowest BCUT2D eigenvalue weighted by Gasteiger charge is -2.36. The Morgan fingerprint density at radius 3 is 2.82 bits per heavy atom. The zero-order chi connectivity index (χ0) is 12.7. The van der Waals surface area contributed by atoms with Crippen molar-refractivity contribution in [3.63, 3.8) is 0 Å². The summed E-state index contributed by atoms with van der Waals surface area (Å²) in [6.45, 7) is 7.52. The first-order valence-electron chi connectivity index (χ1n) is 7.51. The zero-order valence-electron chi connectivity index (χ0n) is 12.0. The lowest BCUT2D eigenvalue weighted by atomic mass is 9.79. The van der Waals surface area contributed by atoms with E-state index in [1.807, 2.05) is 0 Å². The van der Waals surface area contributed by atoms with Crippen LogP contribution >= 0.6 is 0 Å². The summed E-state index contributed by atoms with van der Waals surface area (Å²) in [5, 5.41) is 14.0. The maximum Gasteiger partial charge on any atom is 0.0774 e. The van der Waals surface area contributed by atoms with Crippen LogP contribution in [0.25, 0.3) is 0 Å². The number of unbranched alkanes of at least 4 members (excludes halogenated alkanes) is 2. The highest BCUT2D eigenvalue weighted by Gasteiger charge is 2.32. The van der Waals surface area contributed by atoms with E-state index in [0.717, 1.165) is 19.4 Å². The molecule has 0 amide bonds. The molecule has 102 valence electrons. The van der Waals surface area contributed by atoms with Gasteiger partial charge in [-0.2, -0.15) is 0 Å². The average molecular weight is 241 g/mol. The van der Waals surface area contributed by atoms with Gasteiger partial charge in [0.15, 0.2) is 0 Å². The molecule has 0 aliphatic heterocycles. The second-order valence-corrected chi connectivity index (χ2v) is 6.20. The minimum Gasteiger partial charge on any atom is -0.389 e. The first-order valence-corrected chi connectivity index (χ1v) is 7.51. The summed E-state index contributed by atoms with van der Waals surface area (Å²) in [4.78, 5) is 0. The Kier molecular flexibility index (Phi) is 6.50. The van der Waals surface area contributed by atoms with Crippen molar-refractivity contribution in [2.24, 2.45) is 5.92 Å². The van der Waals surface area contributed by atoms with Gasteiger partial charge in [0.05, 0.1) is 5.60 Å². The molecule has 3 unspecified atom stereocenters. The van der Waals surface area contributed by atoms with Crippen molar-refractivity contribution in [2.45, 2.75) is 83.8 Å². The lowest BCUT2D eigenvalue weighted by Crippen LogP contribution is -2.46. The van der Waals surface area contributed by atoms with Gasteiger partial charge in [0.1, 0.15) is 0 Å². The average Bonchev–Trinajstić information content (AvgIpc) is 2.27. The van der Waals surface area contributed by atoms with Gasteiger partial charge in [-0.1, -0.05) is 46.0 Å². The molecule has 1 saturated carbocycles. The van der Waals surface area contributed by atoms with E-state index in [0.29, 0.717) is 12.0 Å². The molecule has 2 heteroatoms.